The fourth-order valence-corrected chi connectivity index (χ4v) is 7.90. The number of rotatable bonds is 5. The zero-order valence-corrected chi connectivity index (χ0v) is 32.3. The summed E-state index contributed by atoms with van der Waals surface area (Å²) in [5, 5.41) is 12.1. The highest BCUT2D eigenvalue weighted by molar-refractivity contribution is 6.08. The highest BCUT2D eigenvalue weighted by atomic mass is 19.1. The van der Waals surface area contributed by atoms with E-state index in [1.165, 1.54) is 27.7 Å². The number of hydrogen-bond donors (Lipinski definition) is 1. The second-order valence-corrected chi connectivity index (χ2v) is 15.4. The number of aliphatic imine (C=N–C) groups is 1. The molecule has 51 heavy (non-hydrogen) atoms. The summed E-state index contributed by atoms with van der Waals surface area (Å²) >= 11 is 0. The number of cyclic esters (lactones) is 1. The van der Waals surface area contributed by atoms with E-state index in [0.29, 0.717) is 17.7 Å². The van der Waals surface area contributed by atoms with Crippen LogP contribution in [0.15, 0.2) is 17.1 Å². The molecule has 1 amide bonds. The molecule has 3 heterocycles. The molecule has 13 nitrogen and oxygen atoms in total. The van der Waals surface area contributed by atoms with Crippen LogP contribution in [0.3, 0.4) is 0 Å². The fourth-order valence-electron chi connectivity index (χ4n) is 7.90. The van der Waals surface area contributed by atoms with E-state index in [9.17, 15) is 24.3 Å². The topological polar surface area (TPSA) is 159 Å². The van der Waals surface area contributed by atoms with E-state index >= 15 is 4.39 Å². The lowest BCUT2D eigenvalue weighted by atomic mass is 9.73. The summed E-state index contributed by atoms with van der Waals surface area (Å²) < 4.78 is 54.0. The largest absolute Gasteiger partial charge is 0.457 e. The minimum absolute atomic E-state index is 0.0372. The van der Waals surface area contributed by atoms with Gasteiger partial charge in [0.15, 0.2) is 18.2 Å². The van der Waals surface area contributed by atoms with Crippen LogP contribution in [0.5, 0.6) is 0 Å². The van der Waals surface area contributed by atoms with Crippen molar-refractivity contribution in [2.45, 2.75) is 148 Å². The van der Waals surface area contributed by atoms with Crippen LogP contribution in [-0.2, 0) is 47.6 Å². The Balaban J connectivity index is 2.36. The van der Waals surface area contributed by atoms with Gasteiger partial charge in [0.1, 0.15) is 11.7 Å². The first kappa shape index (κ1) is 42.8. The molecule has 0 aromatic rings. The quantitative estimate of drug-likeness (QED) is 0.249. The minimum Gasteiger partial charge on any atom is -0.457 e. The smallest absolute Gasteiger partial charge is 0.351 e. The van der Waals surface area contributed by atoms with Crippen molar-refractivity contribution in [2.75, 3.05) is 27.3 Å². The number of nitrogens with zero attached hydrogens (tertiary/aromatic N) is 2. The average Bonchev–Trinajstić information content (AvgIpc) is 3.03. The van der Waals surface area contributed by atoms with Gasteiger partial charge in [-0.3, -0.25) is 14.4 Å². The van der Waals surface area contributed by atoms with Crippen molar-refractivity contribution in [1.29, 1.82) is 0 Å². The molecule has 3 aliphatic heterocycles. The Labute approximate surface area is 301 Å². The molecular formula is C37H59FN2O11. The average molecular weight is 727 g/mol. The number of ketones is 1. The highest BCUT2D eigenvalue weighted by Gasteiger charge is 2.57. The number of ether oxygens (including phenoxy) is 6. The molecule has 0 aromatic heterocycles. The Kier molecular flexibility index (Phi) is 13.9. The maximum atomic E-state index is 16.7. The van der Waals surface area contributed by atoms with Crippen molar-refractivity contribution in [2.24, 2.45) is 22.7 Å². The van der Waals surface area contributed by atoms with Gasteiger partial charge >= 0.3 is 11.9 Å². The normalized spacial score (nSPS) is 42.8. The summed E-state index contributed by atoms with van der Waals surface area (Å²) in [5.41, 5.74) is -5.77. The molecule has 0 aliphatic carbocycles. The molecule has 0 saturated carbocycles. The molecule has 0 spiro atoms. The monoisotopic (exact) mass is 726 g/mol. The molecule has 290 valence electrons. The number of halogens is 1. The van der Waals surface area contributed by atoms with Crippen molar-refractivity contribution >= 4 is 29.3 Å². The molecule has 3 aliphatic rings. The molecular weight excluding hydrogens is 667 g/mol. The molecule has 1 N–H and O–H groups in total. The number of carbonyl (C=O) groups is 4. The fraction of sp³-hybridized carbons (Fsp3) is 0.811. The number of aliphatic hydroxyl groups is 1. The van der Waals surface area contributed by atoms with Gasteiger partial charge in [-0.2, -0.15) is 0 Å². The number of esters is 2. The van der Waals surface area contributed by atoms with Crippen molar-refractivity contribution in [1.82, 2.24) is 4.90 Å². The molecule has 3 saturated heterocycles. The number of alkyl halides is 1. The SMILES string of the molecule is C=C1CO[C@@H]2[C@@H](C)C(=NC(C)=O)[C@H](C)C[C@@](C)(OC1)[C@H](O[C@@H]1O[C@H](C)C[C@H](N(C)C)C1OC(C)=O)[C@@H](C)C(=O)[C@](C)(F)C(=O)O[C@H](CC)[C@@]2(C)O. The van der Waals surface area contributed by atoms with Crippen LogP contribution in [0, 0.1) is 17.8 Å². The van der Waals surface area contributed by atoms with Gasteiger partial charge < -0.3 is 38.4 Å². The molecule has 1 unspecified atom stereocenters. The molecule has 0 aromatic carbocycles. The highest BCUT2D eigenvalue weighted by Crippen LogP contribution is 2.41. The first-order valence-electron chi connectivity index (χ1n) is 17.8. The van der Waals surface area contributed by atoms with Gasteiger partial charge in [-0.15, -0.1) is 0 Å². The second-order valence-electron chi connectivity index (χ2n) is 15.4. The number of hydrogen-bond acceptors (Lipinski definition) is 12. The number of amides is 1. The zero-order chi connectivity index (χ0) is 38.8. The van der Waals surface area contributed by atoms with Gasteiger partial charge in [-0.1, -0.05) is 34.3 Å². The van der Waals surface area contributed by atoms with Gasteiger partial charge in [-0.25, -0.2) is 14.2 Å². The van der Waals surface area contributed by atoms with Gasteiger partial charge in [-0.05, 0) is 72.5 Å². The van der Waals surface area contributed by atoms with Crippen LogP contribution in [0.4, 0.5) is 4.39 Å². The van der Waals surface area contributed by atoms with Gasteiger partial charge in [0.25, 0.3) is 5.67 Å². The number of carbonyl (C=O) groups excluding carboxylic acids is 4. The van der Waals surface area contributed by atoms with Crippen molar-refractivity contribution in [3.05, 3.63) is 12.2 Å². The predicted octanol–water partition coefficient (Wildman–Crippen LogP) is 3.77. The Morgan fingerprint density at radius 2 is 1.71 bits per heavy atom. The maximum Gasteiger partial charge on any atom is 0.351 e. The van der Waals surface area contributed by atoms with Crippen LogP contribution in [0.1, 0.15) is 88.5 Å². The van der Waals surface area contributed by atoms with Gasteiger partial charge in [0.05, 0.1) is 43.2 Å². The number of likely N-dealkylation sites (N-methyl/N-ethyl adjacent to an activating group) is 1. The van der Waals surface area contributed by atoms with E-state index in [1.54, 1.807) is 20.8 Å². The molecule has 3 rings (SSSR count). The van der Waals surface area contributed by atoms with Crippen LogP contribution in [-0.4, -0.2) is 126 Å². The van der Waals surface area contributed by atoms with E-state index < -0.39 is 89.0 Å². The van der Waals surface area contributed by atoms with E-state index in [0.717, 1.165) is 6.92 Å². The summed E-state index contributed by atoms with van der Waals surface area (Å²) in [7, 11) is 3.67. The molecule has 0 radical (unpaired) electrons. The number of fused-ring (bicyclic) bond motifs is 5. The second kappa shape index (κ2) is 16.6. The Bertz CT molecular complexity index is 1350. The van der Waals surface area contributed by atoms with E-state index in [4.69, 9.17) is 28.4 Å². The predicted molar refractivity (Wildman–Crippen MR) is 186 cm³/mol. The van der Waals surface area contributed by atoms with Gasteiger partial charge in [0, 0.05) is 31.4 Å². The summed E-state index contributed by atoms with van der Waals surface area (Å²) in [6.45, 7) is 18.9. The van der Waals surface area contributed by atoms with Crippen LogP contribution < -0.4 is 0 Å². The number of Topliss-reactive ketones (excluding diaryl/α,β-unsaturated/α-hetero) is 1. The zero-order valence-electron chi connectivity index (χ0n) is 32.3. The summed E-state index contributed by atoms with van der Waals surface area (Å²) in [4.78, 5) is 59.2. The third kappa shape index (κ3) is 9.49. The molecule has 13 atom stereocenters. The molecule has 2 bridgehead atoms. The van der Waals surface area contributed by atoms with E-state index in [2.05, 4.69) is 11.6 Å². The maximum absolute atomic E-state index is 16.7. The van der Waals surface area contributed by atoms with Gasteiger partial charge in [0.2, 0.25) is 5.91 Å². The summed E-state index contributed by atoms with van der Waals surface area (Å²) in [6, 6.07) is -0.350. The lowest BCUT2D eigenvalue weighted by molar-refractivity contribution is -0.299. The first-order valence-corrected chi connectivity index (χ1v) is 17.8. The standard InChI is InChI=1S/C37H59FN2O11/c1-14-27-37(11,45)32-22(5)28(39-24(7)41)20(3)16-35(9,47-18-19(2)17-46-32)31(23(6)30(43)36(10,38)34(44)50-27)51-33-29(49-25(8)42)26(40(12)13)15-21(4)48-33/h20-23,26-27,29,31-33,45H,2,14-18H2,1,3-13H3/t20-,21-,22+,23+,26+,27-,29?,31-,32-,33+,35-,36+,37-/m1/s1. The third-order valence-electron chi connectivity index (χ3n) is 10.5. The van der Waals surface area contributed by atoms with Crippen molar-refractivity contribution in [3.63, 3.8) is 0 Å². The minimum atomic E-state index is -3.18. The Morgan fingerprint density at radius 3 is 2.25 bits per heavy atom. The Hall–Kier alpha value is -2.62. The van der Waals surface area contributed by atoms with Crippen LogP contribution in [0.25, 0.3) is 0 Å². The van der Waals surface area contributed by atoms with Crippen LogP contribution >= 0.6 is 0 Å². The molecule has 14 heteroatoms. The van der Waals surface area contributed by atoms with Crippen LogP contribution in [0.2, 0.25) is 0 Å². The summed E-state index contributed by atoms with van der Waals surface area (Å²) in [6.07, 6.45) is -5.76. The van der Waals surface area contributed by atoms with Crippen molar-refractivity contribution in [3.8, 4) is 0 Å². The van der Waals surface area contributed by atoms with Crippen molar-refractivity contribution < 1.29 is 57.1 Å². The lowest BCUT2D eigenvalue weighted by Crippen LogP contribution is -2.62. The molecule has 3 fully saturated rings. The third-order valence-corrected chi connectivity index (χ3v) is 10.5. The lowest BCUT2D eigenvalue weighted by Gasteiger charge is -2.48. The first-order chi connectivity index (χ1) is 23.5. The van der Waals surface area contributed by atoms with E-state index in [1.807, 2.05) is 32.8 Å². The Morgan fingerprint density at radius 1 is 1.08 bits per heavy atom. The summed E-state index contributed by atoms with van der Waals surface area (Å²) in [5.74, 6) is -6.41. The van der Waals surface area contributed by atoms with E-state index in [-0.39, 0.29) is 38.2 Å².